The van der Waals surface area contributed by atoms with E-state index >= 15 is 0 Å². The number of benzene rings is 1. The molecule has 0 aliphatic heterocycles. The summed E-state index contributed by atoms with van der Waals surface area (Å²) in [5, 5.41) is 9.76. The van der Waals surface area contributed by atoms with Crippen LogP contribution in [0.3, 0.4) is 0 Å². The Morgan fingerprint density at radius 3 is 2.79 bits per heavy atom. The van der Waals surface area contributed by atoms with Gasteiger partial charge in [-0.05, 0) is 12.1 Å². The number of nitrogens with one attached hydrogen (secondary N) is 1. The summed E-state index contributed by atoms with van der Waals surface area (Å²) in [7, 11) is 0. The van der Waals surface area contributed by atoms with Gasteiger partial charge in [0.2, 0.25) is 0 Å². The summed E-state index contributed by atoms with van der Waals surface area (Å²) >= 11 is 5.61. The molecular formula is C9H7ClN2O2. The second-order valence-corrected chi connectivity index (χ2v) is 3.01. The number of para-hydroxylation sites is 2. The highest BCUT2D eigenvalue weighted by Crippen LogP contribution is 2.28. The number of ether oxygens (including phenoxy) is 1. The predicted octanol–water partition coefficient (Wildman–Crippen LogP) is 2.56. The van der Waals surface area contributed by atoms with Gasteiger partial charge in [-0.2, -0.15) is 0 Å². The molecule has 2 N–H and O–H groups in total. The van der Waals surface area contributed by atoms with Crippen molar-refractivity contribution in [3.8, 4) is 17.5 Å². The number of imidazole rings is 1. The highest BCUT2D eigenvalue weighted by Gasteiger charge is 2.04. The number of hydrogen-bond acceptors (Lipinski definition) is 3. The van der Waals surface area contributed by atoms with Gasteiger partial charge < -0.3 is 9.84 Å². The summed E-state index contributed by atoms with van der Waals surface area (Å²) in [6, 6.07) is 6.86. The lowest BCUT2D eigenvalue weighted by Gasteiger charge is -2.02. The smallest absolute Gasteiger partial charge is 0.300 e. The molecule has 4 nitrogen and oxygen atoms in total. The summed E-state index contributed by atoms with van der Waals surface area (Å²) in [5.41, 5.74) is 0. The van der Waals surface area contributed by atoms with Crippen LogP contribution in [0.15, 0.2) is 30.5 Å². The van der Waals surface area contributed by atoms with Gasteiger partial charge in [0.15, 0.2) is 11.5 Å². The van der Waals surface area contributed by atoms with Crippen molar-refractivity contribution in [2.24, 2.45) is 0 Å². The zero-order chi connectivity index (χ0) is 9.97. The van der Waals surface area contributed by atoms with Crippen LogP contribution < -0.4 is 4.74 Å². The van der Waals surface area contributed by atoms with E-state index in [4.69, 9.17) is 16.3 Å². The lowest BCUT2D eigenvalue weighted by atomic mass is 10.3. The lowest BCUT2D eigenvalue weighted by Crippen LogP contribution is -1.85. The summed E-state index contributed by atoms with van der Waals surface area (Å²) in [6.07, 6.45) is 1.43. The van der Waals surface area contributed by atoms with Crippen molar-refractivity contribution in [1.29, 1.82) is 0 Å². The topological polar surface area (TPSA) is 58.1 Å². The van der Waals surface area contributed by atoms with Crippen LogP contribution in [0, 0.1) is 0 Å². The molecule has 0 unspecified atom stereocenters. The standard InChI is InChI=1S/C9H7ClN2O2/c10-8-5-11-9(12-8)14-7-4-2-1-3-6(7)13/h1-5,13H,(H,11,12). The summed E-state index contributed by atoms with van der Waals surface area (Å²) < 4.78 is 5.23. The Morgan fingerprint density at radius 1 is 1.36 bits per heavy atom. The van der Waals surface area contributed by atoms with E-state index in [0.717, 1.165) is 0 Å². The molecule has 1 heterocycles. The largest absolute Gasteiger partial charge is 0.504 e. The highest BCUT2D eigenvalue weighted by atomic mass is 35.5. The third kappa shape index (κ3) is 1.80. The van der Waals surface area contributed by atoms with Crippen molar-refractivity contribution in [2.45, 2.75) is 0 Å². The number of phenolic OH excluding ortho intramolecular Hbond substituents is 1. The molecule has 72 valence electrons. The number of hydrogen-bond donors (Lipinski definition) is 2. The molecule has 0 atom stereocenters. The van der Waals surface area contributed by atoms with Gasteiger partial charge >= 0.3 is 0 Å². The first-order valence-corrected chi connectivity index (χ1v) is 4.30. The van der Waals surface area contributed by atoms with E-state index in [1.807, 2.05) is 0 Å². The van der Waals surface area contributed by atoms with Crippen molar-refractivity contribution >= 4 is 11.6 Å². The van der Waals surface area contributed by atoms with Gasteiger partial charge in [-0.25, -0.2) is 4.98 Å². The van der Waals surface area contributed by atoms with Crippen LogP contribution in [0.25, 0.3) is 0 Å². The Hall–Kier alpha value is -1.68. The minimum absolute atomic E-state index is 0.0556. The van der Waals surface area contributed by atoms with Crippen molar-refractivity contribution in [1.82, 2.24) is 9.97 Å². The molecule has 2 rings (SSSR count). The molecule has 5 heteroatoms. The van der Waals surface area contributed by atoms with Crippen LogP contribution in [0.1, 0.15) is 0 Å². The number of aromatic amines is 1. The first-order valence-electron chi connectivity index (χ1n) is 3.92. The van der Waals surface area contributed by atoms with E-state index in [9.17, 15) is 5.11 Å². The van der Waals surface area contributed by atoms with Gasteiger partial charge in [-0.1, -0.05) is 23.7 Å². The van der Waals surface area contributed by atoms with E-state index < -0.39 is 0 Å². The molecule has 0 amide bonds. The minimum Gasteiger partial charge on any atom is -0.504 e. The molecule has 0 fully saturated rings. The third-order valence-corrected chi connectivity index (χ3v) is 1.79. The van der Waals surface area contributed by atoms with Crippen molar-refractivity contribution in [3.63, 3.8) is 0 Å². The number of H-pyrrole nitrogens is 1. The fourth-order valence-corrected chi connectivity index (χ4v) is 1.11. The average Bonchev–Trinajstić information content (AvgIpc) is 2.56. The maximum Gasteiger partial charge on any atom is 0.300 e. The number of nitrogens with zero attached hydrogens (tertiary/aromatic N) is 1. The maximum atomic E-state index is 9.38. The van der Waals surface area contributed by atoms with Gasteiger partial charge in [0, 0.05) is 0 Å². The molecule has 0 aliphatic rings. The monoisotopic (exact) mass is 210 g/mol. The molecule has 0 radical (unpaired) electrons. The fraction of sp³-hybridized carbons (Fsp3) is 0. The third-order valence-electron chi connectivity index (χ3n) is 1.59. The van der Waals surface area contributed by atoms with E-state index in [1.165, 1.54) is 12.3 Å². The number of halogens is 1. The predicted molar refractivity (Wildman–Crippen MR) is 51.8 cm³/mol. The van der Waals surface area contributed by atoms with Gasteiger partial charge in [-0.15, -0.1) is 0 Å². The Bertz CT molecular complexity index is 442. The van der Waals surface area contributed by atoms with Crippen LogP contribution >= 0.6 is 11.6 Å². The number of aromatic hydroxyl groups is 1. The highest BCUT2D eigenvalue weighted by molar-refractivity contribution is 6.29. The summed E-state index contributed by atoms with van der Waals surface area (Å²) in [5.74, 6) is 0.388. The second kappa shape index (κ2) is 3.59. The Balaban J connectivity index is 2.23. The molecule has 1 aromatic carbocycles. The quantitative estimate of drug-likeness (QED) is 0.801. The molecule has 14 heavy (non-hydrogen) atoms. The Kier molecular flexibility index (Phi) is 2.28. The van der Waals surface area contributed by atoms with Crippen LogP contribution in [-0.4, -0.2) is 15.1 Å². The lowest BCUT2D eigenvalue weighted by molar-refractivity contribution is 0.395. The fourth-order valence-electron chi connectivity index (χ4n) is 0.981. The SMILES string of the molecule is Oc1ccccc1Oc1ncc(Cl)[nH]1. The van der Waals surface area contributed by atoms with Crippen LogP contribution in [0.2, 0.25) is 5.15 Å². The molecule has 2 aromatic rings. The molecule has 0 spiro atoms. The average molecular weight is 211 g/mol. The van der Waals surface area contributed by atoms with Gasteiger partial charge in [0.1, 0.15) is 5.15 Å². The van der Waals surface area contributed by atoms with Crippen molar-refractivity contribution in [3.05, 3.63) is 35.6 Å². The van der Waals surface area contributed by atoms with Crippen LogP contribution in [0.4, 0.5) is 0 Å². The van der Waals surface area contributed by atoms with Crippen molar-refractivity contribution < 1.29 is 9.84 Å². The van der Waals surface area contributed by atoms with Crippen molar-refractivity contribution in [2.75, 3.05) is 0 Å². The molecule has 0 aliphatic carbocycles. The number of rotatable bonds is 2. The van der Waals surface area contributed by atoms with Crippen LogP contribution in [-0.2, 0) is 0 Å². The number of phenols is 1. The molecule has 0 bridgehead atoms. The second-order valence-electron chi connectivity index (χ2n) is 2.61. The minimum atomic E-state index is 0.0556. The zero-order valence-corrected chi connectivity index (χ0v) is 7.82. The molecular weight excluding hydrogens is 204 g/mol. The maximum absolute atomic E-state index is 9.38. The van der Waals surface area contributed by atoms with E-state index in [2.05, 4.69) is 9.97 Å². The van der Waals surface area contributed by atoms with E-state index in [0.29, 0.717) is 10.9 Å². The number of aromatic nitrogens is 2. The molecule has 0 saturated heterocycles. The first-order chi connectivity index (χ1) is 6.75. The zero-order valence-electron chi connectivity index (χ0n) is 7.07. The van der Waals surface area contributed by atoms with Gasteiger partial charge in [0.05, 0.1) is 6.20 Å². The van der Waals surface area contributed by atoms with E-state index in [-0.39, 0.29) is 11.8 Å². The molecule has 1 aromatic heterocycles. The molecule has 0 saturated carbocycles. The normalized spacial score (nSPS) is 10.1. The van der Waals surface area contributed by atoms with Gasteiger partial charge in [-0.3, -0.25) is 4.98 Å². The van der Waals surface area contributed by atoms with Gasteiger partial charge in [0.25, 0.3) is 6.01 Å². The summed E-state index contributed by atoms with van der Waals surface area (Å²) in [4.78, 5) is 6.50. The Labute approximate surface area is 85.1 Å². The van der Waals surface area contributed by atoms with Crippen LogP contribution in [0.5, 0.6) is 17.5 Å². The summed E-state index contributed by atoms with van der Waals surface area (Å²) in [6.45, 7) is 0. The van der Waals surface area contributed by atoms with E-state index in [1.54, 1.807) is 18.2 Å². The Morgan fingerprint density at radius 2 is 2.14 bits per heavy atom. The first kappa shape index (κ1) is 8.90.